The molecule has 0 aromatic heterocycles. The second-order valence-corrected chi connectivity index (χ2v) is 6.01. The predicted octanol–water partition coefficient (Wildman–Crippen LogP) is 3.39. The molecule has 0 aromatic carbocycles. The van der Waals surface area contributed by atoms with E-state index < -0.39 is 0 Å². The average molecular weight is 236 g/mol. The monoisotopic (exact) mass is 236 g/mol. The first-order valence-electron chi connectivity index (χ1n) is 7.24. The molecule has 0 aliphatic heterocycles. The topological polar surface area (TPSA) is 34.1 Å². The van der Waals surface area contributed by atoms with Crippen LogP contribution in [-0.2, 0) is 9.59 Å². The summed E-state index contributed by atoms with van der Waals surface area (Å²) in [4.78, 5) is 22.0. The molecule has 96 valence electrons. The van der Waals surface area contributed by atoms with Crippen molar-refractivity contribution in [3.8, 4) is 0 Å². The largest absolute Gasteiger partial charge is 0.303 e. The van der Waals surface area contributed by atoms with Gasteiger partial charge in [0, 0.05) is 11.8 Å². The number of hydrogen-bond donors (Lipinski definition) is 0. The highest BCUT2D eigenvalue weighted by Crippen LogP contribution is 2.39. The van der Waals surface area contributed by atoms with E-state index in [1.165, 1.54) is 38.5 Å². The molecule has 2 aliphatic carbocycles. The highest BCUT2D eigenvalue weighted by atomic mass is 16.1. The third kappa shape index (κ3) is 3.40. The quantitative estimate of drug-likeness (QED) is 0.701. The van der Waals surface area contributed by atoms with Gasteiger partial charge < -0.3 is 9.59 Å². The van der Waals surface area contributed by atoms with Crippen molar-refractivity contribution in [3.05, 3.63) is 0 Å². The van der Waals surface area contributed by atoms with Gasteiger partial charge in [-0.3, -0.25) is 0 Å². The fraction of sp³-hybridized carbons (Fsp3) is 0.867. The minimum absolute atomic E-state index is 0.146. The molecule has 0 spiro atoms. The summed E-state index contributed by atoms with van der Waals surface area (Å²) in [6, 6.07) is 0. The molecule has 0 N–H and O–H groups in total. The van der Waals surface area contributed by atoms with E-state index in [0.29, 0.717) is 5.92 Å². The summed E-state index contributed by atoms with van der Waals surface area (Å²) < 4.78 is 0. The molecule has 0 aromatic rings. The van der Waals surface area contributed by atoms with E-state index in [1.54, 1.807) is 0 Å². The van der Waals surface area contributed by atoms with Gasteiger partial charge in [-0.25, -0.2) is 0 Å². The Morgan fingerprint density at radius 3 is 2.29 bits per heavy atom. The smallest absolute Gasteiger partial charge is 0.123 e. The Hall–Kier alpha value is -0.660. The molecule has 2 saturated carbocycles. The number of hydrogen-bond acceptors (Lipinski definition) is 2. The molecule has 2 aliphatic rings. The lowest BCUT2D eigenvalue weighted by atomic mass is 9.70. The highest BCUT2D eigenvalue weighted by Gasteiger charge is 2.31. The first-order valence-corrected chi connectivity index (χ1v) is 7.24. The van der Waals surface area contributed by atoms with Crippen LogP contribution in [0.2, 0.25) is 0 Å². The number of carbonyl (C=O) groups excluding carboxylic acids is 2. The van der Waals surface area contributed by atoms with Crippen LogP contribution in [0.25, 0.3) is 0 Å². The second-order valence-electron chi connectivity index (χ2n) is 6.01. The van der Waals surface area contributed by atoms with Gasteiger partial charge in [0.2, 0.25) is 0 Å². The van der Waals surface area contributed by atoms with Gasteiger partial charge in [-0.2, -0.15) is 0 Å². The molecule has 0 bridgehead atoms. The van der Waals surface area contributed by atoms with Crippen LogP contribution >= 0.6 is 0 Å². The Morgan fingerprint density at radius 1 is 0.882 bits per heavy atom. The van der Waals surface area contributed by atoms with Gasteiger partial charge in [0.15, 0.2) is 0 Å². The van der Waals surface area contributed by atoms with Crippen LogP contribution in [0.15, 0.2) is 0 Å². The van der Waals surface area contributed by atoms with E-state index >= 15 is 0 Å². The molecule has 0 saturated heterocycles. The molecule has 2 rings (SSSR count). The van der Waals surface area contributed by atoms with Crippen molar-refractivity contribution >= 4 is 12.6 Å². The number of aldehydes is 2. The molecule has 2 heteroatoms. The minimum Gasteiger partial charge on any atom is -0.303 e. The third-order valence-corrected chi connectivity index (χ3v) is 4.82. The number of carbonyl (C=O) groups is 2. The molecule has 0 radical (unpaired) electrons. The van der Waals surface area contributed by atoms with Crippen molar-refractivity contribution in [2.75, 3.05) is 0 Å². The van der Waals surface area contributed by atoms with Crippen LogP contribution < -0.4 is 0 Å². The Balaban J connectivity index is 1.86. The summed E-state index contributed by atoms with van der Waals surface area (Å²) in [5.74, 6) is 1.71. The summed E-state index contributed by atoms with van der Waals surface area (Å²) in [6.45, 7) is 0. The van der Waals surface area contributed by atoms with Gasteiger partial charge in [-0.05, 0) is 37.5 Å². The van der Waals surface area contributed by atoms with E-state index in [1.807, 2.05) is 0 Å². The van der Waals surface area contributed by atoms with Crippen LogP contribution in [0.3, 0.4) is 0 Å². The summed E-state index contributed by atoms with van der Waals surface area (Å²) in [5.41, 5.74) is 0. The summed E-state index contributed by atoms with van der Waals surface area (Å²) in [5, 5.41) is 0. The molecular formula is C15H24O2. The SMILES string of the molecule is O=CC1CCC(CC2CCCCC2)C(C=O)C1. The van der Waals surface area contributed by atoms with Crippen LogP contribution in [-0.4, -0.2) is 12.6 Å². The standard InChI is InChI=1S/C15H24O2/c16-10-13-6-7-14(15(9-13)11-17)8-12-4-2-1-3-5-12/h10-15H,1-9H2. The Morgan fingerprint density at radius 2 is 1.65 bits per heavy atom. The lowest BCUT2D eigenvalue weighted by Gasteiger charge is -2.34. The van der Waals surface area contributed by atoms with Crippen LogP contribution in [0.5, 0.6) is 0 Å². The molecule has 2 fully saturated rings. The van der Waals surface area contributed by atoms with E-state index in [-0.39, 0.29) is 11.8 Å². The van der Waals surface area contributed by atoms with E-state index in [9.17, 15) is 9.59 Å². The fourth-order valence-electron chi connectivity index (χ4n) is 3.74. The lowest BCUT2D eigenvalue weighted by molar-refractivity contribution is -0.117. The zero-order valence-electron chi connectivity index (χ0n) is 10.6. The molecule has 17 heavy (non-hydrogen) atoms. The first-order chi connectivity index (χ1) is 8.33. The zero-order chi connectivity index (χ0) is 12.1. The zero-order valence-corrected chi connectivity index (χ0v) is 10.6. The summed E-state index contributed by atoms with van der Waals surface area (Å²) >= 11 is 0. The maximum absolute atomic E-state index is 11.2. The van der Waals surface area contributed by atoms with E-state index in [2.05, 4.69) is 0 Å². The van der Waals surface area contributed by atoms with Crippen molar-refractivity contribution in [1.82, 2.24) is 0 Å². The maximum Gasteiger partial charge on any atom is 0.123 e. The normalized spacial score (nSPS) is 35.4. The molecule has 3 atom stereocenters. The van der Waals surface area contributed by atoms with Gasteiger partial charge in [0.1, 0.15) is 12.6 Å². The van der Waals surface area contributed by atoms with Crippen molar-refractivity contribution < 1.29 is 9.59 Å². The Kier molecular flexibility index (Phi) is 4.75. The fourth-order valence-corrected chi connectivity index (χ4v) is 3.74. The van der Waals surface area contributed by atoms with Gasteiger partial charge >= 0.3 is 0 Å². The number of rotatable bonds is 4. The second kappa shape index (κ2) is 6.32. The molecule has 0 heterocycles. The van der Waals surface area contributed by atoms with Gasteiger partial charge in [-0.15, -0.1) is 0 Å². The minimum atomic E-state index is 0.146. The van der Waals surface area contributed by atoms with Gasteiger partial charge in [0.05, 0.1) is 0 Å². The molecule has 3 unspecified atom stereocenters. The lowest BCUT2D eigenvalue weighted by Crippen LogP contribution is -2.28. The molecular weight excluding hydrogens is 212 g/mol. The average Bonchev–Trinajstić information content (AvgIpc) is 2.40. The van der Waals surface area contributed by atoms with Crippen molar-refractivity contribution in [2.24, 2.45) is 23.7 Å². The summed E-state index contributed by atoms with van der Waals surface area (Å²) in [7, 11) is 0. The predicted molar refractivity (Wildman–Crippen MR) is 67.6 cm³/mol. The van der Waals surface area contributed by atoms with Crippen LogP contribution in [0.1, 0.15) is 57.8 Å². The maximum atomic E-state index is 11.2. The molecule has 0 amide bonds. The van der Waals surface area contributed by atoms with Crippen LogP contribution in [0.4, 0.5) is 0 Å². The Bertz CT molecular complexity index is 256. The van der Waals surface area contributed by atoms with E-state index in [0.717, 1.165) is 37.8 Å². The highest BCUT2D eigenvalue weighted by molar-refractivity contribution is 5.59. The van der Waals surface area contributed by atoms with Gasteiger partial charge in [0.25, 0.3) is 0 Å². The van der Waals surface area contributed by atoms with Crippen molar-refractivity contribution in [3.63, 3.8) is 0 Å². The van der Waals surface area contributed by atoms with Gasteiger partial charge in [-0.1, -0.05) is 32.1 Å². The third-order valence-electron chi connectivity index (χ3n) is 4.82. The van der Waals surface area contributed by atoms with E-state index in [4.69, 9.17) is 0 Å². The first kappa shape index (κ1) is 12.8. The summed E-state index contributed by atoms with van der Waals surface area (Å²) in [6.07, 6.45) is 13.2. The molecule has 2 nitrogen and oxygen atoms in total. The Labute approximate surface area is 104 Å². The van der Waals surface area contributed by atoms with Crippen molar-refractivity contribution in [2.45, 2.75) is 57.8 Å². The van der Waals surface area contributed by atoms with Crippen LogP contribution in [0, 0.1) is 23.7 Å². The van der Waals surface area contributed by atoms with Crippen molar-refractivity contribution in [1.29, 1.82) is 0 Å².